The van der Waals surface area contributed by atoms with Crippen LogP contribution in [0.25, 0.3) is 10.6 Å². The molecule has 4 aliphatic rings. The van der Waals surface area contributed by atoms with Gasteiger partial charge in [-0.1, -0.05) is 23.5 Å². The van der Waals surface area contributed by atoms with Gasteiger partial charge < -0.3 is 9.64 Å². The highest BCUT2D eigenvalue weighted by Gasteiger charge is 2.60. The number of ether oxygens (including phenoxy) is 1. The third-order valence-electron chi connectivity index (χ3n) is 7.98. The molecule has 2 bridgehead atoms. The Balaban J connectivity index is 1.27. The molecule has 7 nitrogen and oxygen atoms in total. The lowest BCUT2D eigenvalue weighted by Gasteiger charge is -2.33. The zero-order valence-electron chi connectivity index (χ0n) is 19.1. The zero-order chi connectivity index (χ0) is 24.4. The number of anilines is 1. The van der Waals surface area contributed by atoms with Crippen molar-refractivity contribution >= 4 is 26.5 Å². The quantitative estimate of drug-likeness (QED) is 0.662. The summed E-state index contributed by atoms with van der Waals surface area (Å²) in [5.74, 6) is -0.0717. The van der Waals surface area contributed by atoms with Crippen LogP contribution in [0.2, 0.25) is 0 Å². The molecule has 1 N–H and O–H groups in total. The number of nitrogens with zero attached hydrogens (tertiary/aromatic N) is 3. The van der Waals surface area contributed by atoms with E-state index >= 15 is 0 Å². The molecule has 1 aromatic heterocycles. The Morgan fingerprint density at radius 1 is 1.14 bits per heavy atom. The summed E-state index contributed by atoms with van der Waals surface area (Å²) in [4.78, 5) is 6.92. The maximum Gasteiger partial charge on any atom is 0.402 e. The molecule has 2 saturated heterocycles. The molecule has 1 spiro atoms. The van der Waals surface area contributed by atoms with Crippen molar-refractivity contribution in [1.82, 2.24) is 14.0 Å². The predicted molar refractivity (Wildman–Crippen MR) is 127 cm³/mol. The van der Waals surface area contributed by atoms with Crippen molar-refractivity contribution < 1.29 is 26.3 Å². The van der Waals surface area contributed by atoms with E-state index in [-0.39, 0.29) is 18.4 Å². The molecule has 0 amide bonds. The Hall–Kier alpha value is -1.73. The molecule has 190 valence electrons. The van der Waals surface area contributed by atoms with Crippen LogP contribution in [-0.4, -0.2) is 68.8 Å². The summed E-state index contributed by atoms with van der Waals surface area (Å²) in [7, 11) is -4.18. The predicted octanol–water partition coefficient (Wildman–Crippen LogP) is 3.22. The molecule has 2 aromatic rings. The van der Waals surface area contributed by atoms with E-state index in [1.54, 1.807) is 11.3 Å². The van der Waals surface area contributed by atoms with Crippen LogP contribution in [0, 0.1) is 11.8 Å². The van der Waals surface area contributed by atoms with Crippen LogP contribution in [0.15, 0.2) is 24.4 Å². The van der Waals surface area contributed by atoms with Crippen molar-refractivity contribution in [3.05, 3.63) is 35.5 Å². The van der Waals surface area contributed by atoms with E-state index < -0.39 is 28.5 Å². The van der Waals surface area contributed by atoms with Crippen LogP contribution >= 0.6 is 11.3 Å². The van der Waals surface area contributed by atoms with E-state index in [4.69, 9.17) is 4.74 Å². The second-order valence-corrected chi connectivity index (χ2v) is 12.7. The van der Waals surface area contributed by atoms with E-state index in [0.717, 1.165) is 52.6 Å². The number of nitrogens with one attached hydrogen (secondary N) is 1. The zero-order valence-corrected chi connectivity index (χ0v) is 20.7. The van der Waals surface area contributed by atoms with Gasteiger partial charge >= 0.3 is 6.18 Å². The molecule has 12 heteroatoms. The largest absolute Gasteiger partial charge is 0.402 e. The van der Waals surface area contributed by atoms with Crippen LogP contribution in [0.1, 0.15) is 24.0 Å². The van der Waals surface area contributed by atoms with Gasteiger partial charge in [-0.25, -0.2) is 4.98 Å². The Bertz CT molecular complexity index is 1230. The highest BCUT2D eigenvalue weighted by Crippen LogP contribution is 2.51. The van der Waals surface area contributed by atoms with E-state index in [9.17, 15) is 21.6 Å². The normalized spacial score (nSPS) is 30.5. The fourth-order valence-corrected chi connectivity index (χ4v) is 8.98. The number of halogens is 3. The van der Waals surface area contributed by atoms with Crippen molar-refractivity contribution in [2.24, 2.45) is 11.8 Å². The maximum absolute atomic E-state index is 13.1. The lowest BCUT2D eigenvalue weighted by atomic mass is 9.79. The van der Waals surface area contributed by atoms with Crippen molar-refractivity contribution in [3.63, 3.8) is 0 Å². The second-order valence-electron chi connectivity index (χ2n) is 10.00. The SMILES string of the molecule is O=S1(=O)N[C@]2(CN1CC(F)(F)F)[C@@H]1CC[C@H]2Cc2cc(-c3ncc(N4CCOCC4)s3)ccc2C1. The average molecular weight is 529 g/mol. The molecular weight excluding hydrogens is 501 g/mol. The highest BCUT2D eigenvalue weighted by atomic mass is 32.2. The van der Waals surface area contributed by atoms with Gasteiger partial charge in [0.05, 0.1) is 24.9 Å². The number of aromatic nitrogens is 1. The first-order valence-corrected chi connectivity index (χ1v) is 14.2. The summed E-state index contributed by atoms with van der Waals surface area (Å²) >= 11 is 1.64. The fourth-order valence-electron chi connectivity index (χ4n) is 6.31. The Morgan fingerprint density at radius 2 is 1.86 bits per heavy atom. The summed E-state index contributed by atoms with van der Waals surface area (Å²) in [6, 6.07) is 6.29. The van der Waals surface area contributed by atoms with E-state index in [0.29, 0.717) is 30.4 Å². The first kappa shape index (κ1) is 23.7. The number of morpholine rings is 1. The first-order valence-electron chi connectivity index (χ1n) is 11.9. The highest BCUT2D eigenvalue weighted by molar-refractivity contribution is 7.87. The number of alkyl halides is 3. The van der Waals surface area contributed by atoms with Crippen molar-refractivity contribution in [2.75, 3.05) is 44.3 Å². The van der Waals surface area contributed by atoms with Gasteiger partial charge in [0.25, 0.3) is 10.2 Å². The van der Waals surface area contributed by atoms with Crippen molar-refractivity contribution in [3.8, 4) is 10.6 Å². The smallest absolute Gasteiger partial charge is 0.378 e. The van der Waals surface area contributed by atoms with Crippen LogP contribution in [0.4, 0.5) is 18.2 Å². The van der Waals surface area contributed by atoms with Crippen LogP contribution < -0.4 is 9.62 Å². The van der Waals surface area contributed by atoms with Gasteiger partial charge in [0, 0.05) is 25.2 Å². The third-order valence-corrected chi connectivity index (χ3v) is 10.7. The van der Waals surface area contributed by atoms with Gasteiger partial charge in [-0.05, 0) is 54.7 Å². The van der Waals surface area contributed by atoms with Gasteiger partial charge in [-0.3, -0.25) is 0 Å². The van der Waals surface area contributed by atoms with Crippen LogP contribution in [0.3, 0.4) is 0 Å². The molecule has 3 atom stereocenters. The molecule has 0 unspecified atom stereocenters. The summed E-state index contributed by atoms with van der Waals surface area (Å²) in [6.07, 6.45) is 0.236. The van der Waals surface area contributed by atoms with E-state index in [2.05, 4.69) is 32.8 Å². The van der Waals surface area contributed by atoms with Gasteiger partial charge in [0.1, 0.15) is 16.6 Å². The van der Waals surface area contributed by atoms with Crippen molar-refractivity contribution in [2.45, 2.75) is 37.4 Å². The number of fused-ring (bicyclic) bond motifs is 1. The minimum atomic E-state index is -4.57. The third kappa shape index (κ3) is 4.26. The standard InChI is InChI=1S/C23H27F3N4O3S2/c24-23(25,26)14-30-13-22(28-35(30,31)32)18-3-4-19(22)11-17-9-16(2-1-15(17)10-18)21-27-12-20(34-21)29-5-7-33-8-6-29/h1-2,9,12,18-19,28H,3-8,10-11,13-14H2/t18-,19+,22-/m1/s1. The molecular formula is C23H27F3N4O3S2. The molecule has 2 aliphatic carbocycles. The first-order chi connectivity index (χ1) is 16.6. The maximum atomic E-state index is 13.1. The van der Waals surface area contributed by atoms with Gasteiger partial charge in [-0.2, -0.15) is 30.6 Å². The number of benzene rings is 1. The van der Waals surface area contributed by atoms with Crippen LogP contribution in [-0.2, 0) is 27.8 Å². The lowest BCUT2D eigenvalue weighted by molar-refractivity contribution is -0.136. The minimum Gasteiger partial charge on any atom is -0.378 e. The topological polar surface area (TPSA) is 74.8 Å². The minimum absolute atomic E-state index is 0.0274. The molecule has 2 aliphatic heterocycles. The molecule has 35 heavy (non-hydrogen) atoms. The monoisotopic (exact) mass is 528 g/mol. The van der Waals surface area contributed by atoms with Crippen LogP contribution in [0.5, 0.6) is 0 Å². The number of hydrogen-bond donors (Lipinski definition) is 1. The second kappa shape index (κ2) is 8.41. The average Bonchev–Trinajstić information content (AvgIpc) is 3.43. The Kier molecular flexibility index (Phi) is 5.68. The Labute approximate surface area is 206 Å². The number of thiazole rings is 1. The fraction of sp³-hybridized carbons (Fsp3) is 0.609. The summed E-state index contributed by atoms with van der Waals surface area (Å²) in [5, 5.41) is 2.04. The lowest BCUT2D eigenvalue weighted by Crippen LogP contribution is -2.52. The van der Waals surface area contributed by atoms with E-state index in [1.165, 1.54) is 0 Å². The number of rotatable bonds is 3. The molecule has 1 aromatic carbocycles. The molecule has 1 saturated carbocycles. The molecule has 3 heterocycles. The Morgan fingerprint density at radius 3 is 2.57 bits per heavy atom. The van der Waals surface area contributed by atoms with Crippen molar-refractivity contribution in [1.29, 1.82) is 0 Å². The van der Waals surface area contributed by atoms with Gasteiger partial charge in [-0.15, -0.1) is 0 Å². The molecule has 0 radical (unpaired) electrons. The van der Waals surface area contributed by atoms with Gasteiger partial charge in [0.2, 0.25) is 0 Å². The molecule has 3 fully saturated rings. The number of hydrogen-bond acceptors (Lipinski definition) is 6. The summed E-state index contributed by atoms with van der Waals surface area (Å²) in [5.41, 5.74) is 2.46. The van der Waals surface area contributed by atoms with E-state index in [1.807, 2.05) is 6.20 Å². The summed E-state index contributed by atoms with van der Waals surface area (Å²) in [6.45, 7) is 1.54. The summed E-state index contributed by atoms with van der Waals surface area (Å²) < 4.78 is 73.4. The van der Waals surface area contributed by atoms with Gasteiger partial charge in [0.15, 0.2) is 0 Å². The molecule has 6 rings (SSSR count).